The SMILES string of the molecule is NC(N)=NCCCC(NC(=O)C(N)CO)C(=O)NC(CCCN=C(N)N)C(=O)NC(Cc1ccc(O)cc1)C(=O)O. The number of hydrogen-bond donors (Lipinski definition) is 11. The van der Waals surface area contributed by atoms with E-state index in [1.54, 1.807) is 0 Å². The normalized spacial score (nSPS) is 13.5. The molecular weight excluding hydrogens is 540 g/mol. The van der Waals surface area contributed by atoms with Crippen molar-refractivity contribution in [2.45, 2.75) is 56.3 Å². The number of carboxylic acids is 1. The topological polar surface area (TPSA) is 320 Å². The van der Waals surface area contributed by atoms with Crippen molar-refractivity contribution in [3.05, 3.63) is 29.8 Å². The van der Waals surface area contributed by atoms with E-state index in [9.17, 15) is 34.5 Å². The van der Waals surface area contributed by atoms with E-state index in [1.807, 2.05) is 0 Å². The van der Waals surface area contributed by atoms with E-state index >= 15 is 0 Å². The first-order chi connectivity index (χ1) is 19.3. The maximum atomic E-state index is 13.2. The highest BCUT2D eigenvalue weighted by Crippen LogP contribution is 2.12. The summed E-state index contributed by atoms with van der Waals surface area (Å²) >= 11 is 0. The smallest absolute Gasteiger partial charge is 0.326 e. The minimum Gasteiger partial charge on any atom is -0.508 e. The predicted octanol–water partition coefficient (Wildman–Crippen LogP) is -4.10. The van der Waals surface area contributed by atoms with Crippen molar-refractivity contribution in [2.24, 2.45) is 38.7 Å². The van der Waals surface area contributed by atoms with E-state index in [-0.39, 0.29) is 62.9 Å². The van der Waals surface area contributed by atoms with E-state index in [1.165, 1.54) is 24.3 Å². The van der Waals surface area contributed by atoms with Gasteiger partial charge in [0.25, 0.3) is 0 Å². The molecule has 0 aliphatic heterocycles. The van der Waals surface area contributed by atoms with Crippen LogP contribution in [0.4, 0.5) is 0 Å². The van der Waals surface area contributed by atoms with E-state index in [4.69, 9.17) is 28.7 Å². The number of amides is 3. The number of aliphatic hydroxyl groups excluding tert-OH is 1. The van der Waals surface area contributed by atoms with Crippen LogP contribution in [0.1, 0.15) is 31.2 Å². The minimum atomic E-state index is -1.36. The zero-order valence-corrected chi connectivity index (χ0v) is 22.5. The summed E-state index contributed by atoms with van der Waals surface area (Å²) in [5.74, 6) is -4.02. The van der Waals surface area contributed by atoms with Crippen LogP contribution >= 0.6 is 0 Å². The van der Waals surface area contributed by atoms with Crippen LogP contribution in [-0.4, -0.2) is 94.8 Å². The molecular formula is C24H40N10O7. The molecule has 17 heteroatoms. The fourth-order valence-electron chi connectivity index (χ4n) is 3.52. The number of carboxylic acid groups (broad SMARTS) is 1. The number of nitrogens with two attached hydrogens (primary N) is 5. The summed E-state index contributed by atoms with van der Waals surface area (Å²) in [6.07, 6.45) is 0.472. The molecule has 1 aromatic carbocycles. The number of aliphatic imine (C=N–C) groups is 2. The highest BCUT2D eigenvalue weighted by atomic mass is 16.4. The van der Waals surface area contributed by atoms with Gasteiger partial charge in [-0.3, -0.25) is 24.4 Å². The number of aliphatic carboxylic acids is 1. The molecule has 0 aliphatic carbocycles. The van der Waals surface area contributed by atoms with E-state index in [0.717, 1.165) is 0 Å². The number of nitrogens with zero attached hydrogens (tertiary/aromatic N) is 2. The third kappa shape index (κ3) is 13.8. The van der Waals surface area contributed by atoms with Crippen molar-refractivity contribution < 1.29 is 34.5 Å². The molecule has 0 radical (unpaired) electrons. The molecule has 41 heavy (non-hydrogen) atoms. The van der Waals surface area contributed by atoms with Crippen molar-refractivity contribution in [3.63, 3.8) is 0 Å². The molecule has 0 bridgehead atoms. The molecule has 0 aromatic heterocycles. The second-order valence-corrected chi connectivity index (χ2v) is 9.08. The first-order valence-electron chi connectivity index (χ1n) is 12.7. The Bertz CT molecular complexity index is 1070. The summed E-state index contributed by atoms with van der Waals surface area (Å²) in [5.41, 5.74) is 27.4. The van der Waals surface area contributed by atoms with Crippen LogP contribution in [0.2, 0.25) is 0 Å². The predicted molar refractivity (Wildman–Crippen MR) is 150 cm³/mol. The Hall–Kier alpha value is -4.64. The number of benzene rings is 1. The second-order valence-electron chi connectivity index (χ2n) is 9.08. The fourth-order valence-corrected chi connectivity index (χ4v) is 3.52. The number of phenols is 1. The number of carbonyl (C=O) groups excluding carboxylic acids is 3. The van der Waals surface area contributed by atoms with E-state index < -0.39 is 54.5 Å². The molecule has 0 fully saturated rings. The summed E-state index contributed by atoms with van der Waals surface area (Å²) in [5, 5.41) is 35.7. The lowest BCUT2D eigenvalue weighted by atomic mass is 10.0. The number of rotatable bonds is 18. The molecule has 17 nitrogen and oxygen atoms in total. The highest BCUT2D eigenvalue weighted by Gasteiger charge is 2.30. The third-order valence-corrected chi connectivity index (χ3v) is 5.68. The Balaban J connectivity index is 3.11. The van der Waals surface area contributed by atoms with Crippen LogP contribution in [0.3, 0.4) is 0 Å². The molecule has 16 N–H and O–H groups in total. The molecule has 1 aromatic rings. The lowest BCUT2D eigenvalue weighted by Gasteiger charge is -2.25. The Labute approximate surface area is 236 Å². The van der Waals surface area contributed by atoms with Crippen LogP contribution in [0.5, 0.6) is 5.75 Å². The maximum Gasteiger partial charge on any atom is 0.326 e. The number of aromatic hydroxyl groups is 1. The zero-order valence-electron chi connectivity index (χ0n) is 22.5. The molecule has 4 unspecified atom stereocenters. The van der Waals surface area contributed by atoms with Crippen molar-refractivity contribution in [1.29, 1.82) is 0 Å². The first-order valence-corrected chi connectivity index (χ1v) is 12.7. The van der Waals surface area contributed by atoms with Crippen LogP contribution in [-0.2, 0) is 25.6 Å². The maximum absolute atomic E-state index is 13.2. The molecule has 0 heterocycles. The summed E-state index contributed by atoms with van der Waals surface area (Å²) in [7, 11) is 0. The lowest BCUT2D eigenvalue weighted by molar-refractivity contribution is -0.142. The quantitative estimate of drug-likeness (QED) is 0.0448. The monoisotopic (exact) mass is 580 g/mol. The average Bonchev–Trinajstić information content (AvgIpc) is 2.91. The van der Waals surface area contributed by atoms with Crippen molar-refractivity contribution in [3.8, 4) is 5.75 Å². The van der Waals surface area contributed by atoms with Gasteiger partial charge in [-0.05, 0) is 43.4 Å². The summed E-state index contributed by atoms with van der Waals surface area (Å²) < 4.78 is 0. The molecule has 0 aliphatic rings. The third-order valence-electron chi connectivity index (χ3n) is 5.68. The number of phenolic OH excluding ortho intramolecular Hbond substituents is 1. The molecule has 0 saturated heterocycles. The van der Waals surface area contributed by atoms with Gasteiger partial charge < -0.3 is 59.9 Å². The van der Waals surface area contributed by atoms with Gasteiger partial charge in [0.15, 0.2) is 11.9 Å². The van der Waals surface area contributed by atoms with Crippen LogP contribution < -0.4 is 44.6 Å². The van der Waals surface area contributed by atoms with Gasteiger partial charge in [0.05, 0.1) is 6.61 Å². The standard InChI is InChI=1S/C24H40N10O7/c25-15(12-35)19(37)32-16(3-1-9-30-23(26)27)20(38)33-17(4-2-10-31-24(28)29)21(39)34-18(22(40)41)11-13-5-7-14(36)8-6-13/h5-8,15-18,35-36H,1-4,9-12,25H2,(H,32,37)(H,33,38)(H,34,39)(H,40,41)(H4,26,27,30)(H4,28,29,31). The number of hydrogen-bond acceptors (Lipinski definition) is 9. The van der Waals surface area contributed by atoms with Crippen molar-refractivity contribution in [1.82, 2.24) is 16.0 Å². The van der Waals surface area contributed by atoms with Crippen LogP contribution in [0.25, 0.3) is 0 Å². The number of carbonyl (C=O) groups is 4. The molecule has 4 atom stereocenters. The molecule has 228 valence electrons. The molecule has 0 spiro atoms. The Morgan fingerprint density at radius 2 is 1.20 bits per heavy atom. The van der Waals surface area contributed by atoms with Crippen LogP contribution in [0.15, 0.2) is 34.3 Å². The highest BCUT2D eigenvalue weighted by molar-refractivity contribution is 5.94. The van der Waals surface area contributed by atoms with Gasteiger partial charge >= 0.3 is 5.97 Å². The van der Waals surface area contributed by atoms with Gasteiger partial charge in [0.1, 0.15) is 29.9 Å². The Morgan fingerprint density at radius 1 is 0.756 bits per heavy atom. The van der Waals surface area contributed by atoms with Gasteiger partial charge in [-0.2, -0.15) is 0 Å². The minimum absolute atomic E-state index is 0.00639. The second kappa shape index (κ2) is 17.9. The van der Waals surface area contributed by atoms with Gasteiger partial charge in [0.2, 0.25) is 17.7 Å². The average molecular weight is 581 g/mol. The number of guanidine groups is 2. The molecule has 1 rings (SSSR count). The Kier molecular flexibility index (Phi) is 15.0. The number of aliphatic hydroxyl groups is 1. The van der Waals surface area contributed by atoms with E-state index in [2.05, 4.69) is 25.9 Å². The van der Waals surface area contributed by atoms with Crippen molar-refractivity contribution in [2.75, 3.05) is 19.7 Å². The number of nitrogens with one attached hydrogen (secondary N) is 3. The molecule has 0 saturated carbocycles. The lowest BCUT2D eigenvalue weighted by Crippen LogP contribution is -2.57. The largest absolute Gasteiger partial charge is 0.508 e. The van der Waals surface area contributed by atoms with E-state index in [0.29, 0.717) is 5.56 Å². The van der Waals surface area contributed by atoms with Gasteiger partial charge in [-0.15, -0.1) is 0 Å². The van der Waals surface area contributed by atoms with Crippen molar-refractivity contribution >= 4 is 35.6 Å². The van der Waals surface area contributed by atoms with Gasteiger partial charge in [0, 0.05) is 19.5 Å². The zero-order chi connectivity index (χ0) is 30.9. The summed E-state index contributed by atoms with van der Waals surface area (Å²) in [4.78, 5) is 58.3. The van der Waals surface area contributed by atoms with Crippen LogP contribution in [0, 0.1) is 0 Å². The Morgan fingerprint density at radius 3 is 1.61 bits per heavy atom. The fraction of sp³-hybridized carbons (Fsp3) is 0.500. The first kappa shape index (κ1) is 34.4. The summed E-state index contributed by atoms with van der Waals surface area (Å²) in [6.45, 7) is -0.391. The van der Waals surface area contributed by atoms with Gasteiger partial charge in [-0.1, -0.05) is 12.1 Å². The molecule has 3 amide bonds. The summed E-state index contributed by atoms with van der Waals surface area (Å²) in [6, 6.07) is 0.716. The van der Waals surface area contributed by atoms with Gasteiger partial charge in [-0.25, -0.2) is 4.79 Å².